The number of aromatic nitrogens is 1. The van der Waals surface area contributed by atoms with E-state index in [1.165, 1.54) is 0 Å². The van der Waals surface area contributed by atoms with Crippen molar-refractivity contribution >= 4 is 16.8 Å². The van der Waals surface area contributed by atoms with E-state index in [0.29, 0.717) is 18.5 Å². The third-order valence-electron chi connectivity index (χ3n) is 3.87. The van der Waals surface area contributed by atoms with Crippen LogP contribution in [0.15, 0.2) is 65.6 Å². The minimum atomic E-state index is -0.341. The summed E-state index contributed by atoms with van der Waals surface area (Å²) in [4.78, 5) is 25.0. The first kappa shape index (κ1) is 15.0. The van der Waals surface area contributed by atoms with Crippen LogP contribution in [-0.4, -0.2) is 10.5 Å². The monoisotopic (exact) mass is 306 g/mol. The summed E-state index contributed by atoms with van der Waals surface area (Å²) in [5.41, 5.74) is 1.80. The summed E-state index contributed by atoms with van der Waals surface area (Å²) in [6, 6.07) is 17.0. The van der Waals surface area contributed by atoms with Crippen molar-refractivity contribution in [3.8, 4) is 0 Å². The fourth-order valence-electron chi connectivity index (χ4n) is 2.64. The molecule has 0 aliphatic carbocycles. The van der Waals surface area contributed by atoms with Crippen LogP contribution in [0.25, 0.3) is 10.9 Å². The standard InChI is InChI=1S/C19H18N2O2/c1-2-21-13-16(18(22)15-10-6-7-11-17(15)21)19(23)20-12-14-8-4-3-5-9-14/h3-11,13H,2,12H2,1H3,(H,20,23). The second-order valence-electron chi connectivity index (χ2n) is 5.34. The Hall–Kier alpha value is -2.88. The molecule has 2 aromatic carbocycles. The summed E-state index contributed by atoms with van der Waals surface area (Å²) in [6.45, 7) is 3.08. The molecule has 0 aliphatic rings. The summed E-state index contributed by atoms with van der Waals surface area (Å²) in [6.07, 6.45) is 1.64. The number of amides is 1. The van der Waals surface area contributed by atoms with Crippen LogP contribution in [0.5, 0.6) is 0 Å². The number of para-hydroxylation sites is 1. The van der Waals surface area contributed by atoms with Gasteiger partial charge in [-0.2, -0.15) is 0 Å². The Labute approximate surface area is 134 Å². The summed E-state index contributed by atoms with van der Waals surface area (Å²) in [5, 5.41) is 3.39. The van der Waals surface area contributed by atoms with E-state index in [4.69, 9.17) is 0 Å². The molecule has 0 atom stereocenters. The highest BCUT2D eigenvalue weighted by Gasteiger charge is 2.14. The molecule has 116 valence electrons. The molecule has 4 nitrogen and oxygen atoms in total. The van der Waals surface area contributed by atoms with Crippen molar-refractivity contribution in [1.29, 1.82) is 0 Å². The van der Waals surface area contributed by atoms with Crippen LogP contribution in [-0.2, 0) is 13.1 Å². The van der Waals surface area contributed by atoms with E-state index in [1.54, 1.807) is 12.3 Å². The zero-order chi connectivity index (χ0) is 16.2. The van der Waals surface area contributed by atoms with Crippen LogP contribution in [0.1, 0.15) is 22.8 Å². The number of nitrogens with one attached hydrogen (secondary N) is 1. The second-order valence-corrected chi connectivity index (χ2v) is 5.34. The SMILES string of the molecule is CCn1cc(C(=O)NCc2ccccc2)c(=O)c2ccccc21. The molecule has 3 aromatic rings. The molecule has 0 saturated carbocycles. The van der Waals surface area contributed by atoms with E-state index in [0.717, 1.165) is 11.1 Å². The number of nitrogens with zero attached hydrogens (tertiary/aromatic N) is 1. The Morgan fingerprint density at radius 1 is 1.04 bits per heavy atom. The molecule has 1 amide bonds. The van der Waals surface area contributed by atoms with Crippen LogP contribution in [0.2, 0.25) is 0 Å². The van der Waals surface area contributed by atoms with Crippen molar-refractivity contribution in [3.63, 3.8) is 0 Å². The van der Waals surface area contributed by atoms with E-state index < -0.39 is 0 Å². The largest absolute Gasteiger partial charge is 0.348 e. The van der Waals surface area contributed by atoms with Crippen molar-refractivity contribution in [3.05, 3.63) is 82.1 Å². The molecule has 0 spiro atoms. The molecule has 1 N–H and O–H groups in total. The summed E-state index contributed by atoms with van der Waals surface area (Å²) in [5.74, 6) is -0.341. The van der Waals surface area contributed by atoms with E-state index >= 15 is 0 Å². The first-order valence-corrected chi connectivity index (χ1v) is 7.65. The fourth-order valence-corrected chi connectivity index (χ4v) is 2.64. The Bertz CT molecular complexity index is 898. The minimum Gasteiger partial charge on any atom is -0.348 e. The lowest BCUT2D eigenvalue weighted by Gasteiger charge is -2.11. The molecular weight excluding hydrogens is 288 g/mol. The average Bonchev–Trinajstić information content (AvgIpc) is 2.61. The fraction of sp³-hybridized carbons (Fsp3) is 0.158. The number of hydrogen-bond acceptors (Lipinski definition) is 2. The van der Waals surface area contributed by atoms with Gasteiger partial charge in [-0.3, -0.25) is 9.59 Å². The highest BCUT2D eigenvalue weighted by Crippen LogP contribution is 2.11. The predicted molar refractivity (Wildman–Crippen MR) is 91.5 cm³/mol. The number of benzene rings is 2. The van der Waals surface area contributed by atoms with Crippen LogP contribution in [0.4, 0.5) is 0 Å². The molecular formula is C19H18N2O2. The van der Waals surface area contributed by atoms with Gasteiger partial charge in [0, 0.05) is 24.7 Å². The van der Waals surface area contributed by atoms with E-state index in [2.05, 4.69) is 5.32 Å². The van der Waals surface area contributed by atoms with Crippen molar-refractivity contribution in [1.82, 2.24) is 9.88 Å². The zero-order valence-corrected chi connectivity index (χ0v) is 13.0. The lowest BCUT2D eigenvalue weighted by Crippen LogP contribution is -2.29. The van der Waals surface area contributed by atoms with Gasteiger partial charge in [0.1, 0.15) is 5.56 Å². The van der Waals surface area contributed by atoms with Gasteiger partial charge in [0.15, 0.2) is 0 Å². The van der Waals surface area contributed by atoms with E-state index in [1.807, 2.05) is 60.0 Å². The van der Waals surface area contributed by atoms with Gasteiger partial charge in [-0.1, -0.05) is 42.5 Å². The van der Waals surface area contributed by atoms with Crippen LogP contribution in [0.3, 0.4) is 0 Å². The van der Waals surface area contributed by atoms with Crippen molar-refractivity contribution in [2.75, 3.05) is 0 Å². The summed E-state index contributed by atoms with van der Waals surface area (Å²) < 4.78 is 1.92. The van der Waals surface area contributed by atoms with Gasteiger partial charge in [-0.25, -0.2) is 0 Å². The lowest BCUT2D eigenvalue weighted by molar-refractivity contribution is 0.0949. The molecule has 0 aliphatic heterocycles. The van der Waals surface area contributed by atoms with Gasteiger partial charge in [0.25, 0.3) is 5.91 Å². The molecule has 4 heteroatoms. The first-order chi connectivity index (χ1) is 11.2. The number of pyridine rings is 1. The number of hydrogen-bond donors (Lipinski definition) is 1. The van der Waals surface area contributed by atoms with Crippen LogP contribution >= 0.6 is 0 Å². The number of rotatable bonds is 4. The predicted octanol–water partition coefficient (Wildman–Crippen LogP) is 2.95. The van der Waals surface area contributed by atoms with Gasteiger partial charge in [0.2, 0.25) is 5.43 Å². The molecule has 0 saturated heterocycles. The maximum absolute atomic E-state index is 12.6. The van der Waals surface area contributed by atoms with Gasteiger partial charge in [0.05, 0.1) is 5.52 Å². The maximum Gasteiger partial charge on any atom is 0.257 e. The van der Waals surface area contributed by atoms with E-state index in [9.17, 15) is 9.59 Å². The number of aryl methyl sites for hydroxylation is 1. The topological polar surface area (TPSA) is 51.1 Å². The number of carbonyl (C=O) groups is 1. The molecule has 0 bridgehead atoms. The molecule has 0 unspecified atom stereocenters. The Kier molecular flexibility index (Phi) is 4.24. The Morgan fingerprint density at radius 2 is 1.74 bits per heavy atom. The normalized spacial score (nSPS) is 10.7. The summed E-state index contributed by atoms with van der Waals surface area (Å²) in [7, 11) is 0. The second kappa shape index (κ2) is 6.48. The minimum absolute atomic E-state index is 0.182. The van der Waals surface area contributed by atoms with Gasteiger partial charge in [-0.15, -0.1) is 0 Å². The zero-order valence-electron chi connectivity index (χ0n) is 13.0. The van der Waals surface area contributed by atoms with Crippen LogP contribution < -0.4 is 10.7 Å². The van der Waals surface area contributed by atoms with Crippen molar-refractivity contribution in [2.24, 2.45) is 0 Å². The highest BCUT2D eigenvalue weighted by molar-refractivity contribution is 5.97. The highest BCUT2D eigenvalue weighted by atomic mass is 16.2. The lowest BCUT2D eigenvalue weighted by atomic mass is 10.1. The third kappa shape index (κ3) is 3.01. The number of fused-ring (bicyclic) bond motifs is 1. The Balaban J connectivity index is 1.94. The maximum atomic E-state index is 12.6. The first-order valence-electron chi connectivity index (χ1n) is 7.65. The van der Waals surface area contributed by atoms with E-state index in [-0.39, 0.29) is 16.9 Å². The van der Waals surface area contributed by atoms with Gasteiger partial charge >= 0.3 is 0 Å². The quantitative estimate of drug-likeness (QED) is 0.805. The molecule has 0 radical (unpaired) electrons. The molecule has 1 aromatic heterocycles. The van der Waals surface area contributed by atoms with Gasteiger partial charge < -0.3 is 9.88 Å². The van der Waals surface area contributed by atoms with Crippen molar-refractivity contribution < 1.29 is 4.79 Å². The van der Waals surface area contributed by atoms with Crippen LogP contribution in [0, 0.1) is 0 Å². The molecule has 1 heterocycles. The number of carbonyl (C=O) groups excluding carboxylic acids is 1. The molecule has 23 heavy (non-hydrogen) atoms. The Morgan fingerprint density at radius 3 is 2.48 bits per heavy atom. The average molecular weight is 306 g/mol. The molecule has 0 fully saturated rings. The van der Waals surface area contributed by atoms with Crippen molar-refractivity contribution in [2.45, 2.75) is 20.0 Å². The third-order valence-corrected chi connectivity index (χ3v) is 3.87. The smallest absolute Gasteiger partial charge is 0.257 e. The van der Waals surface area contributed by atoms with Gasteiger partial charge in [-0.05, 0) is 24.6 Å². The molecule has 3 rings (SSSR count). The summed E-state index contributed by atoms with van der Waals surface area (Å²) >= 11 is 0.